The third-order valence-electron chi connectivity index (χ3n) is 5.39. The van der Waals surface area contributed by atoms with Gasteiger partial charge in [0, 0.05) is 51.8 Å². The molecule has 2 aromatic rings. The number of piperazine rings is 1. The smallest absolute Gasteiger partial charge is 0.254 e. The number of hydrogen-bond donors (Lipinski definition) is 2. The van der Waals surface area contributed by atoms with Crippen molar-refractivity contribution < 1.29 is 18.4 Å². The minimum atomic E-state index is -0.932. The van der Waals surface area contributed by atoms with E-state index in [2.05, 4.69) is 27.5 Å². The van der Waals surface area contributed by atoms with Gasteiger partial charge in [0.25, 0.3) is 5.91 Å². The fourth-order valence-electron chi connectivity index (χ4n) is 3.53. The molecule has 0 spiro atoms. The Hall–Kier alpha value is -2.84. The zero-order valence-corrected chi connectivity index (χ0v) is 17.6. The van der Waals surface area contributed by atoms with Gasteiger partial charge in [0.2, 0.25) is 5.91 Å². The summed E-state index contributed by atoms with van der Waals surface area (Å²) < 4.78 is 26.7. The highest BCUT2D eigenvalue weighted by molar-refractivity contribution is 5.94. The first-order chi connectivity index (χ1) is 14.9. The maximum Gasteiger partial charge on any atom is 0.254 e. The number of hydrogen-bond acceptors (Lipinski definition) is 4. The standard InChI is InChI=1S/C23H28F2N4O2/c1-28-11-13-29(14-12-28)16-21(17-5-3-2-4-6-17)27-22(30)9-10-26-23(31)19-8-7-18(24)15-20(19)25/h2-8,15,21H,9-14,16H2,1H3,(H,26,31)(H,27,30). The normalized spacial score (nSPS) is 16.0. The topological polar surface area (TPSA) is 64.7 Å². The third kappa shape index (κ3) is 6.83. The summed E-state index contributed by atoms with van der Waals surface area (Å²) in [5.74, 6) is -2.57. The number of carbonyl (C=O) groups is 2. The third-order valence-corrected chi connectivity index (χ3v) is 5.39. The Morgan fingerprint density at radius 3 is 2.42 bits per heavy atom. The molecule has 2 amide bonds. The van der Waals surface area contributed by atoms with E-state index in [0.29, 0.717) is 12.6 Å². The summed E-state index contributed by atoms with van der Waals surface area (Å²) in [5.41, 5.74) is 0.770. The van der Waals surface area contributed by atoms with Gasteiger partial charge in [-0.15, -0.1) is 0 Å². The van der Waals surface area contributed by atoms with Gasteiger partial charge in [-0.25, -0.2) is 8.78 Å². The average Bonchev–Trinajstić information content (AvgIpc) is 2.75. The second kappa shape index (κ2) is 11.0. The quantitative estimate of drug-likeness (QED) is 0.674. The number of likely N-dealkylation sites (N-methyl/N-ethyl adjacent to an activating group) is 1. The largest absolute Gasteiger partial charge is 0.351 e. The molecule has 1 aliphatic heterocycles. The van der Waals surface area contributed by atoms with Crippen molar-refractivity contribution in [1.82, 2.24) is 20.4 Å². The monoisotopic (exact) mass is 430 g/mol. The van der Waals surface area contributed by atoms with Gasteiger partial charge in [0.05, 0.1) is 11.6 Å². The van der Waals surface area contributed by atoms with Crippen LogP contribution in [-0.2, 0) is 4.79 Å². The molecule has 1 aliphatic rings. The maximum absolute atomic E-state index is 13.7. The fourth-order valence-corrected chi connectivity index (χ4v) is 3.53. The van der Waals surface area contributed by atoms with Crippen molar-refractivity contribution in [3.8, 4) is 0 Å². The Morgan fingerprint density at radius 2 is 1.74 bits per heavy atom. The van der Waals surface area contributed by atoms with Crippen LogP contribution >= 0.6 is 0 Å². The molecule has 0 bridgehead atoms. The molecule has 1 heterocycles. The number of nitrogens with zero attached hydrogens (tertiary/aromatic N) is 2. The average molecular weight is 430 g/mol. The summed E-state index contributed by atoms with van der Waals surface area (Å²) in [7, 11) is 2.10. The van der Waals surface area contributed by atoms with Crippen LogP contribution in [-0.4, -0.2) is 67.9 Å². The molecule has 0 aromatic heterocycles. The lowest BCUT2D eigenvalue weighted by Crippen LogP contribution is -2.48. The molecule has 166 valence electrons. The predicted molar refractivity (Wildman–Crippen MR) is 115 cm³/mol. The van der Waals surface area contributed by atoms with E-state index in [0.717, 1.165) is 43.9 Å². The fraction of sp³-hybridized carbons (Fsp3) is 0.391. The van der Waals surface area contributed by atoms with Gasteiger partial charge < -0.3 is 15.5 Å². The van der Waals surface area contributed by atoms with Crippen LogP contribution in [0.1, 0.15) is 28.4 Å². The summed E-state index contributed by atoms with van der Waals surface area (Å²) in [6.45, 7) is 4.61. The Bertz CT molecular complexity index is 886. The number of amides is 2. The molecule has 3 rings (SSSR count). The van der Waals surface area contributed by atoms with E-state index in [1.54, 1.807) is 0 Å². The lowest BCUT2D eigenvalue weighted by Gasteiger charge is -2.35. The molecule has 0 radical (unpaired) electrons. The molecule has 2 aromatic carbocycles. The second-order valence-corrected chi connectivity index (χ2v) is 7.76. The van der Waals surface area contributed by atoms with E-state index >= 15 is 0 Å². The van der Waals surface area contributed by atoms with Crippen molar-refractivity contribution in [1.29, 1.82) is 0 Å². The van der Waals surface area contributed by atoms with Gasteiger partial charge in [0.1, 0.15) is 11.6 Å². The minimum absolute atomic E-state index is 0.0531. The van der Waals surface area contributed by atoms with Gasteiger partial charge in [-0.3, -0.25) is 14.5 Å². The number of benzene rings is 2. The van der Waals surface area contributed by atoms with E-state index in [9.17, 15) is 18.4 Å². The number of carbonyl (C=O) groups excluding carboxylic acids is 2. The lowest BCUT2D eigenvalue weighted by molar-refractivity contribution is -0.121. The van der Waals surface area contributed by atoms with Crippen LogP contribution in [0, 0.1) is 11.6 Å². The van der Waals surface area contributed by atoms with Gasteiger partial charge >= 0.3 is 0 Å². The zero-order valence-electron chi connectivity index (χ0n) is 17.6. The van der Waals surface area contributed by atoms with Crippen LogP contribution in [0.25, 0.3) is 0 Å². The van der Waals surface area contributed by atoms with Crippen molar-refractivity contribution in [3.63, 3.8) is 0 Å². The molecule has 1 saturated heterocycles. The van der Waals surface area contributed by atoms with Crippen molar-refractivity contribution >= 4 is 11.8 Å². The highest BCUT2D eigenvalue weighted by atomic mass is 19.1. The van der Waals surface area contributed by atoms with Crippen LogP contribution < -0.4 is 10.6 Å². The first kappa shape index (κ1) is 22.8. The van der Waals surface area contributed by atoms with Crippen LogP contribution in [0.3, 0.4) is 0 Å². The van der Waals surface area contributed by atoms with E-state index < -0.39 is 17.5 Å². The lowest BCUT2D eigenvalue weighted by atomic mass is 10.1. The van der Waals surface area contributed by atoms with Crippen molar-refractivity contribution in [2.45, 2.75) is 12.5 Å². The molecular formula is C23H28F2N4O2. The minimum Gasteiger partial charge on any atom is -0.351 e. The second-order valence-electron chi connectivity index (χ2n) is 7.76. The van der Waals surface area contributed by atoms with Crippen molar-refractivity contribution in [2.75, 3.05) is 46.3 Å². The van der Waals surface area contributed by atoms with E-state index in [1.807, 2.05) is 30.3 Å². The molecule has 1 atom stereocenters. The molecule has 0 aliphatic carbocycles. The molecule has 8 heteroatoms. The Morgan fingerprint density at radius 1 is 1.03 bits per heavy atom. The molecular weight excluding hydrogens is 402 g/mol. The van der Waals surface area contributed by atoms with Crippen molar-refractivity contribution in [3.05, 3.63) is 71.3 Å². The molecule has 0 saturated carbocycles. The summed E-state index contributed by atoms with van der Waals surface area (Å²) >= 11 is 0. The van der Waals surface area contributed by atoms with Gasteiger partial charge in [-0.2, -0.15) is 0 Å². The van der Waals surface area contributed by atoms with Gasteiger partial charge in [-0.1, -0.05) is 30.3 Å². The molecule has 31 heavy (non-hydrogen) atoms. The molecule has 2 N–H and O–H groups in total. The summed E-state index contributed by atoms with van der Waals surface area (Å²) in [5, 5.41) is 5.57. The number of rotatable bonds is 8. The maximum atomic E-state index is 13.7. The zero-order chi connectivity index (χ0) is 22.2. The number of nitrogens with one attached hydrogen (secondary N) is 2. The van der Waals surface area contributed by atoms with E-state index in [4.69, 9.17) is 0 Å². The highest BCUT2D eigenvalue weighted by Gasteiger charge is 2.21. The Labute approximate surface area is 181 Å². The van der Waals surface area contributed by atoms with Crippen LogP contribution in [0.2, 0.25) is 0 Å². The van der Waals surface area contributed by atoms with E-state index in [1.165, 1.54) is 0 Å². The van der Waals surface area contributed by atoms with E-state index in [-0.39, 0.29) is 30.5 Å². The Kier molecular flexibility index (Phi) is 8.08. The van der Waals surface area contributed by atoms with Crippen LogP contribution in [0.4, 0.5) is 8.78 Å². The van der Waals surface area contributed by atoms with Gasteiger partial charge in [-0.05, 0) is 24.7 Å². The predicted octanol–water partition coefficient (Wildman–Crippen LogP) is 2.19. The number of halogens is 2. The SMILES string of the molecule is CN1CCN(CC(NC(=O)CCNC(=O)c2ccc(F)cc2F)c2ccccc2)CC1. The van der Waals surface area contributed by atoms with Crippen LogP contribution in [0.15, 0.2) is 48.5 Å². The highest BCUT2D eigenvalue weighted by Crippen LogP contribution is 2.16. The Balaban J connectivity index is 1.53. The van der Waals surface area contributed by atoms with Crippen LogP contribution in [0.5, 0.6) is 0 Å². The molecule has 6 nitrogen and oxygen atoms in total. The first-order valence-corrected chi connectivity index (χ1v) is 10.4. The molecule has 1 fully saturated rings. The summed E-state index contributed by atoms with van der Waals surface area (Å²) in [4.78, 5) is 29.2. The summed E-state index contributed by atoms with van der Waals surface area (Å²) in [6.07, 6.45) is 0.0562. The van der Waals surface area contributed by atoms with Gasteiger partial charge in [0.15, 0.2) is 0 Å². The van der Waals surface area contributed by atoms with Crippen molar-refractivity contribution in [2.24, 2.45) is 0 Å². The summed E-state index contributed by atoms with van der Waals surface area (Å²) in [6, 6.07) is 12.4. The first-order valence-electron chi connectivity index (χ1n) is 10.4. The molecule has 1 unspecified atom stereocenters.